The van der Waals surface area contributed by atoms with Crippen LogP contribution in [0.25, 0.3) is 0 Å². The number of hydrogen-bond donors (Lipinski definition) is 2. The number of carbonyl (C=O) groups excluding carboxylic acids is 3. The van der Waals surface area contributed by atoms with Gasteiger partial charge in [0.15, 0.2) is 5.16 Å². The van der Waals surface area contributed by atoms with Crippen LogP contribution < -0.4 is 10.7 Å². The van der Waals surface area contributed by atoms with Crippen molar-refractivity contribution in [2.75, 3.05) is 5.75 Å². The molecule has 0 spiro atoms. The summed E-state index contributed by atoms with van der Waals surface area (Å²) in [6, 6.07) is 8.79. The number of nitrogens with zero attached hydrogens (tertiary/aromatic N) is 4. The van der Waals surface area contributed by atoms with E-state index in [1.54, 1.807) is 12.1 Å². The Kier molecular flexibility index (Phi) is 5.03. The summed E-state index contributed by atoms with van der Waals surface area (Å²) in [6.45, 7) is 3.70. The van der Waals surface area contributed by atoms with Crippen LogP contribution in [0.3, 0.4) is 0 Å². The van der Waals surface area contributed by atoms with Crippen LogP contribution >= 0.6 is 11.8 Å². The summed E-state index contributed by atoms with van der Waals surface area (Å²) in [5.41, 5.74) is 1.94. The standard InChI is InChI=1S/C19H22N6O3S/c1-3-19(13-7-5-4-6-8-13)16(27)25(17(28)20-19)23-15(26)11-29-18-22-21-12(2)24(18)14-9-10-14/h4-8,14H,3,9-11H2,1-2H3,(H,20,28)(H,23,26)/t19-/m0/s1. The predicted molar refractivity (Wildman–Crippen MR) is 106 cm³/mol. The first-order valence-electron chi connectivity index (χ1n) is 9.52. The number of nitrogens with one attached hydrogen (secondary N) is 2. The van der Waals surface area contributed by atoms with Gasteiger partial charge in [0.05, 0.1) is 5.75 Å². The van der Waals surface area contributed by atoms with Crippen LogP contribution in [0.5, 0.6) is 0 Å². The zero-order valence-corrected chi connectivity index (χ0v) is 17.0. The van der Waals surface area contributed by atoms with Gasteiger partial charge in [0.2, 0.25) is 5.91 Å². The van der Waals surface area contributed by atoms with Crippen LogP contribution in [0, 0.1) is 6.92 Å². The zero-order valence-electron chi connectivity index (χ0n) is 16.2. The average Bonchev–Trinajstić information content (AvgIpc) is 3.45. The Morgan fingerprint density at radius 3 is 2.66 bits per heavy atom. The molecule has 29 heavy (non-hydrogen) atoms. The predicted octanol–water partition coefficient (Wildman–Crippen LogP) is 1.90. The van der Waals surface area contributed by atoms with E-state index in [0.29, 0.717) is 23.2 Å². The van der Waals surface area contributed by atoms with Crippen LogP contribution in [-0.4, -0.2) is 43.4 Å². The molecule has 9 nitrogen and oxygen atoms in total. The molecule has 1 aromatic carbocycles. The molecule has 2 heterocycles. The maximum absolute atomic E-state index is 13.0. The molecule has 1 aliphatic heterocycles. The van der Waals surface area contributed by atoms with Gasteiger partial charge in [0, 0.05) is 6.04 Å². The highest BCUT2D eigenvalue weighted by Gasteiger charge is 2.52. The third-order valence-electron chi connectivity index (χ3n) is 5.20. The third-order valence-corrected chi connectivity index (χ3v) is 6.15. The molecule has 4 amide bonds. The minimum atomic E-state index is -1.18. The lowest BCUT2D eigenvalue weighted by Gasteiger charge is -2.25. The van der Waals surface area contributed by atoms with Crippen LogP contribution in [-0.2, 0) is 15.1 Å². The molecule has 1 saturated heterocycles. The van der Waals surface area contributed by atoms with Crippen molar-refractivity contribution in [1.29, 1.82) is 0 Å². The first kappa shape index (κ1) is 19.4. The fourth-order valence-electron chi connectivity index (χ4n) is 3.53. The molecule has 2 N–H and O–H groups in total. The number of imide groups is 1. The third kappa shape index (κ3) is 3.48. The molecule has 2 aliphatic rings. The van der Waals surface area contributed by atoms with Crippen molar-refractivity contribution < 1.29 is 14.4 Å². The minimum Gasteiger partial charge on any atom is -0.318 e. The van der Waals surface area contributed by atoms with E-state index in [9.17, 15) is 14.4 Å². The highest BCUT2D eigenvalue weighted by Crippen LogP contribution is 2.38. The van der Waals surface area contributed by atoms with Gasteiger partial charge in [-0.15, -0.1) is 10.2 Å². The molecule has 0 unspecified atom stereocenters. The number of amides is 4. The van der Waals surface area contributed by atoms with Crippen molar-refractivity contribution in [1.82, 2.24) is 30.5 Å². The van der Waals surface area contributed by atoms with E-state index in [2.05, 4.69) is 20.9 Å². The number of hydrogen-bond acceptors (Lipinski definition) is 6. The van der Waals surface area contributed by atoms with E-state index in [1.807, 2.05) is 36.6 Å². The van der Waals surface area contributed by atoms with Crippen LogP contribution in [0.2, 0.25) is 0 Å². The highest BCUT2D eigenvalue weighted by molar-refractivity contribution is 7.99. The lowest BCUT2D eigenvalue weighted by molar-refractivity contribution is -0.138. The smallest absolute Gasteiger partial charge is 0.318 e. The van der Waals surface area contributed by atoms with E-state index < -0.39 is 23.4 Å². The van der Waals surface area contributed by atoms with Gasteiger partial charge in [-0.2, -0.15) is 5.01 Å². The number of aryl methyl sites for hydroxylation is 1. The minimum absolute atomic E-state index is 0.0202. The van der Waals surface area contributed by atoms with Gasteiger partial charge in [-0.25, -0.2) is 4.79 Å². The summed E-state index contributed by atoms with van der Waals surface area (Å²) >= 11 is 1.24. The topological polar surface area (TPSA) is 109 Å². The molecule has 0 radical (unpaired) electrons. The highest BCUT2D eigenvalue weighted by atomic mass is 32.2. The quantitative estimate of drug-likeness (QED) is 0.529. The molecular weight excluding hydrogens is 392 g/mol. The Balaban J connectivity index is 1.43. The second-order valence-corrected chi connectivity index (χ2v) is 8.09. The van der Waals surface area contributed by atoms with Gasteiger partial charge in [0.25, 0.3) is 5.91 Å². The van der Waals surface area contributed by atoms with E-state index in [1.165, 1.54) is 11.8 Å². The van der Waals surface area contributed by atoms with Crippen LogP contribution in [0.1, 0.15) is 43.6 Å². The number of urea groups is 1. The summed E-state index contributed by atoms with van der Waals surface area (Å²) in [5, 5.41) is 12.4. The summed E-state index contributed by atoms with van der Waals surface area (Å²) in [5.74, 6) is -0.111. The van der Waals surface area contributed by atoms with Crippen molar-refractivity contribution in [3.05, 3.63) is 41.7 Å². The van der Waals surface area contributed by atoms with Crippen molar-refractivity contribution in [3.63, 3.8) is 0 Å². The Hall–Kier alpha value is -2.88. The van der Waals surface area contributed by atoms with Crippen molar-refractivity contribution in [3.8, 4) is 0 Å². The van der Waals surface area contributed by atoms with Gasteiger partial charge in [0.1, 0.15) is 11.4 Å². The monoisotopic (exact) mass is 414 g/mol. The fourth-order valence-corrected chi connectivity index (χ4v) is 4.37. The average molecular weight is 414 g/mol. The van der Waals surface area contributed by atoms with Crippen molar-refractivity contribution in [2.45, 2.75) is 49.8 Å². The summed E-state index contributed by atoms with van der Waals surface area (Å²) < 4.78 is 2.03. The number of rotatable bonds is 7. The van der Waals surface area contributed by atoms with E-state index in [4.69, 9.17) is 0 Å². The zero-order chi connectivity index (χ0) is 20.6. The molecule has 1 atom stereocenters. The molecule has 4 rings (SSSR count). The van der Waals surface area contributed by atoms with E-state index in [-0.39, 0.29) is 5.75 Å². The van der Waals surface area contributed by atoms with Gasteiger partial charge >= 0.3 is 6.03 Å². The van der Waals surface area contributed by atoms with Crippen LogP contribution in [0.4, 0.5) is 4.79 Å². The number of benzene rings is 1. The molecule has 152 valence electrons. The number of hydrazine groups is 1. The normalized spacial score (nSPS) is 21.4. The van der Waals surface area contributed by atoms with E-state index in [0.717, 1.165) is 23.7 Å². The summed E-state index contributed by atoms with van der Waals surface area (Å²) in [6.07, 6.45) is 2.53. The lowest BCUT2D eigenvalue weighted by Crippen LogP contribution is -2.49. The Morgan fingerprint density at radius 1 is 1.28 bits per heavy atom. The first-order chi connectivity index (χ1) is 14.0. The fraction of sp³-hybridized carbons (Fsp3) is 0.421. The maximum Gasteiger partial charge on any atom is 0.344 e. The molecule has 1 aromatic heterocycles. The molecule has 2 fully saturated rings. The van der Waals surface area contributed by atoms with Gasteiger partial charge in [-0.1, -0.05) is 49.0 Å². The Morgan fingerprint density at radius 2 is 2.00 bits per heavy atom. The Labute approximate surface area is 172 Å². The summed E-state index contributed by atoms with van der Waals surface area (Å²) in [4.78, 5) is 37.9. The van der Waals surface area contributed by atoms with Crippen molar-refractivity contribution >= 4 is 29.6 Å². The molecule has 2 aromatic rings. The molecular formula is C19H22N6O3S. The first-order valence-corrected chi connectivity index (χ1v) is 10.5. The molecule has 1 saturated carbocycles. The largest absolute Gasteiger partial charge is 0.344 e. The van der Waals surface area contributed by atoms with Crippen molar-refractivity contribution in [2.24, 2.45) is 0 Å². The second kappa shape index (κ2) is 7.51. The second-order valence-electron chi connectivity index (χ2n) is 7.15. The van der Waals surface area contributed by atoms with Gasteiger partial charge in [-0.05, 0) is 31.7 Å². The number of thioether (sulfide) groups is 1. The molecule has 0 bridgehead atoms. The van der Waals surface area contributed by atoms with Gasteiger partial charge in [-0.3, -0.25) is 15.0 Å². The van der Waals surface area contributed by atoms with E-state index >= 15 is 0 Å². The number of aromatic nitrogens is 3. The Bertz CT molecular complexity index is 958. The lowest BCUT2D eigenvalue weighted by atomic mass is 9.87. The molecule has 1 aliphatic carbocycles. The van der Waals surface area contributed by atoms with Gasteiger partial charge < -0.3 is 9.88 Å². The SMILES string of the molecule is CC[C@@]1(c2ccccc2)NC(=O)N(NC(=O)CSc2nnc(C)n2C2CC2)C1=O. The molecule has 10 heteroatoms. The number of carbonyl (C=O) groups is 3. The van der Waals surface area contributed by atoms with Crippen LogP contribution in [0.15, 0.2) is 35.5 Å². The summed E-state index contributed by atoms with van der Waals surface area (Å²) in [7, 11) is 0. The maximum atomic E-state index is 13.0.